The van der Waals surface area contributed by atoms with Crippen molar-refractivity contribution in [1.82, 2.24) is 0 Å². The normalized spacial score (nSPS) is 8.94. The van der Waals surface area contributed by atoms with Gasteiger partial charge in [0.15, 0.2) is 0 Å². The molecule has 0 radical (unpaired) electrons. The largest absolute Gasteiger partial charge is 0.192 e. The van der Waals surface area contributed by atoms with Gasteiger partial charge in [0.2, 0.25) is 0 Å². The van der Waals surface area contributed by atoms with Crippen LogP contribution in [0.1, 0.15) is 16.7 Å². The van der Waals surface area contributed by atoms with Gasteiger partial charge in [-0.25, -0.2) is 0 Å². The molecule has 0 aliphatic carbocycles. The third-order valence-corrected chi connectivity index (χ3v) is 2.60. The molecule has 0 aliphatic rings. The van der Waals surface area contributed by atoms with Gasteiger partial charge in [-0.15, -0.1) is 0 Å². The molecule has 3 nitrogen and oxygen atoms in total. The van der Waals surface area contributed by atoms with Crippen molar-refractivity contribution in [3.63, 3.8) is 0 Å². The Bertz CT molecular complexity index is 710. The van der Waals surface area contributed by atoms with E-state index in [1.807, 2.05) is 42.5 Å². The lowest BCUT2D eigenvalue weighted by Crippen LogP contribution is -1.91. The van der Waals surface area contributed by atoms with E-state index < -0.39 is 0 Å². The second kappa shape index (κ2) is 4.83. The van der Waals surface area contributed by atoms with E-state index in [0.717, 1.165) is 5.56 Å². The summed E-state index contributed by atoms with van der Waals surface area (Å²) in [5.74, 6) is 0. The molecule has 0 amide bonds. The Morgan fingerprint density at radius 2 is 1.22 bits per heavy atom. The van der Waals surface area contributed by atoms with Gasteiger partial charge in [0, 0.05) is 5.56 Å². The van der Waals surface area contributed by atoms with Crippen molar-refractivity contribution in [1.29, 1.82) is 15.8 Å². The van der Waals surface area contributed by atoms with Crippen molar-refractivity contribution in [3.8, 4) is 29.3 Å². The summed E-state index contributed by atoms with van der Waals surface area (Å²) in [4.78, 5) is 0. The molecule has 0 fully saturated rings. The molecule has 0 heterocycles. The first kappa shape index (κ1) is 11.4. The van der Waals surface area contributed by atoms with Crippen molar-refractivity contribution >= 4 is 0 Å². The molecule has 2 aromatic rings. The van der Waals surface area contributed by atoms with Crippen LogP contribution in [0, 0.1) is 34.0 Å². The molecule has 3 heteroatoms. The third kappa shape index (κ3) is 1.92. The molecule has 82 valence electrons. The SMILES string of the molecule is N#Cc1cc(C#N)c(-c2ccccc2)cc1C#N. The minimum Gasteiger partial charge on any atom is -0.192 e. The lowest BCUT2D eigenvalue weighted by molar-refractivity contribution is 1.40. The zero-order valence-corrected chi connectivity index (χ0v) is 9.38. The van der Waals surface area contributed by atoms with E-state index in [0.29, 0.717) is 11.1 Å². The number of hydrogen-bond acceptors (Lipinski definition) is 3. The minimum absolute atomic E-state index is 0.230. The molecule has 2 aromatic carbocycles. The van der Waals surface area contributed by atoms with Gasteiger partial charge in [0.1, 0.15) is 12.1 Å². The Kier molecular flexibility index (Phi) is 3.06. The van der Waals surface area contributed by atoms with E-state index in [9.17, 15) is 0 Å². The topological polar surface area (TPSA) is 71.4 Å². The predicted octanol–water partition coefficient (Wildman–Crippen LogP) is 2.97. The monoisotopic (exact) mass is 229 g/mol. The van der Waals surface area contributed by atoms with Crippen LogP contribution in [0.2, 0.25) is 0 Å². The Labute approximate surface area is 105 Å². The summed E-state index contributed by atoms with van der Waals surface area (Å²) < 4.78 is 0. The number of nitrogens with zero attached hydrogens (tertiary/aromatic N) is 3. The summed E-state index contributed by atoms with van der Waals surface area (Å²) in [6, 6.07) is 18.3. The molecular weight excluding hydrogens is 222 g/mol. The smallest absolute Gasteiger partial charge is 0.101 e. The summed E-state index contributed by atoms with van der Waals surface area (Å²) in [5, 5.41) is 27.0. The predicted molar refractivity (Wildman–Crippen MR) is 66.0 cm³/mol. The zero-order valence-electron chi connectivity index (χ0n) is 9.38. The first-order valence-corrected chi connectivity index (χ1v) is 5.24. The number of nitriles is 3. The molecule has 18 heavy (non-hydrogen) atoms. The second-order valence-corrected chi connectivity index (χ2v) is 3.64. The molecule has 0 aliphatic heterocycles. The standard InChI is InChI=1S/C15H7N3/c16-8-12-6-14(10-18)15(7-13(12)9-17)11-4-2-1-3-5-11/h1-7H. The van der Waals surface area contributed by atoms with Crippen LogP contribution in [0.5, 0.6) is 0 Å². The van der Waals surface area contributed by atoms with Gasteiger partial charge in [0.05, 0.1) is 22.8 Å². The van der Waals surface area contributed by atoms with Crippen LogP contribution in [0.4, 0.5) is 0 Å². The highest BCUT2D eigenvalue weighted by molar-refractivity contribution is 5.74. The first-order chi connectivity index (χ1) is 8.80. The van der Waals surface area contributed by atoms with Gasteiger partial charge in [-0.1, -0.05) is 30.3 Å². The van der Waals surface area contributed by atoms with Gasteiger partial charge in [0.25, 0.3) is 0 Å². The zero-order chi connectivity index (χ0) is 13.0. The summed E-state index contributed by atoms with van der Waals surface area (Å²) in [5.41, 5.74) is 2.45. The van der Waals surface area contributed by atoms with Crippen LogP contribution in [0.15, 0.2) is 42.5 Å². The molecule has 0 spiro atoms. The molecule has 0 bridgehead atoms. The van der Waals surface area contributed by atoms with Crippen LogP contribution in [0.3, 0.4) is 0 Å². The van der Waals surface area contributed by atoms with Crippen molar-refractivity contribution < 1.29 is 0 Å². The van der Waals surface area contributed by atoms with Crippen LogP contribution in [-0.4, -0.2) is 0 Å². The fraction of sp³-hybridized carbons (Fsp3) is 0. The Balaban J connectivity index is 2.74. The average molecular weight is 229 g/mol. The Morgan fingerprint density at radius 3 is 1.78 bits per heavy atom. The van der Waals surface area contributed by atoms with Crippen LogP contribution in [0.25, 0.3) is 11.1 Å². The van der Waals surface area contributed by atoms with E-state index in [-0.39, 0.29) is 11.1 Å². The average Bonchev–Trinajstić information content (AvgIpc) is 2.46. The van der Waals surface area contributed by atoms with Crippen molar-refractivity contribution in [2.24, 2.45) is 0 Å². The fourth-order valence-electron chi connectivity index (χ4n) is 1.73. The minimum atomic E-state index is 0.230. The number of rotatable bonds is 1. The maximum atomic E-state index is 9.12. The third-order valence-electron chi connectivity index (χ3n) is 2.60. The van der Waals surface area contributed by atoms with Gasteiger partial charge in [-0.05, 0) is 17.7 Å². The highest BCUT2D eigenvalue weighted by atomic mass is 14.3. The molecule has 0 saturated heterocycles. The van der Waals surface area contributed by atoms with Gasteiger partial charge < -0.3 is 0 Å². The summed E-state index contributed by atoms with van der Waals surface area (Å²) >= 11 is 0. The molecular formula is C15H7N3. The fourth-order valence-corrected chi connectivity index (χ4v) is 1.73. The molecule has 0 atom stereocenters. The number of benzene rings is 2. The van der Waals surface area contributed by atoms with E-state index in [1.165, 1.54) is 6.07 Å². The summed E-state index contributed by atoms with van der Waals surface area (Å²) in [6.07, 6.45) is 0. The lowest BCUT2D eigenvalue weighted by atomic mass is 9.95. The quantitative estimate of drug-likeness (QED) is 0.754. The molecule has 0 N–H and O–H groups in total. The first-order valence-electron chi connectivity index (χ1n) is 5.24. The van der Waals surface area contributed by atoms with Crippen molar-refractivity contribution in [2.45, 2.75) is 0 Å². The second-order valence-electron chi connectivity index (χ2n) is 3.64. The molecule has 0 saturated carbocycles. The summed E-state index contributed by atoms with van der Waals surface area (Å²) in [7, 11) is 0. The van der Waals surface area contributed by atoms with Crippen molar-refractivity contribution in [3.05, 3.63) is 59.2 Å². The Hall–Kier alpha value is -3.09. The lowest BCUT2D eigenvalue weighted by Gasteiger charge is -2.05. The number of hydrogen-bond donors (Lipinski definition) is 0. The Morgan fingerprint density at radius 1 is 0.667 bits per heavy atom. The molecule has 0 aromatic heterocycles. The van der Waals surface area contributed by atoms with E-state index in [1.54, 1.807) is 6.07 Å². The molecule has 2 rings (SSSR count). The maximum absolute atomic E-state index is 9.12. The van der Waals surface area contributed by atoms with E-state index in [4.69, 9.17) is 15.8 Å². The molecule has 0 unspecified atom stereocenters. The van der Waals surface area contributed by atoms with Crippen LogP contribution >= 0.6 is 0 Å². The highest BCUT2D eigenvalue weighted by Crippen LogP contribution is 2.26. The van der Waals surface area contributed by atoms with Gasteiger partial charge >= 0.3 is 0 Å². The van der Waals surface area contributed by atoms with Gasteiger partial charge in [-0.3, -0.25) is 0 Å². The van der Waals surface area contributed by atoms with Crippen molar-refractivity contribution in [2.75, 3.05) is 0 Å². The summed E-state index contributed by atoms with van der Waals surface area (Å²) in [6.45, 7) is 0. The maximum Gasteiger partial charge on any atom is 0.101 e. The highest BCUT2D eigenvalue weighted by Gasteiger charge is 2.10. The van der Waals surface area contributed by atoms with E-state index >= 15 is 0 Å². The van der Waals surface area contributed by atoms with Gasteiger partial charge in [-0.2, -0.15) is 15.8 Å². The van der Waals surface area contributed by atoms with Crippen LogP contribution < -0.4 is 0 Å². The van der Waals surface area contributed by atoms with Crippen LogP contribution in [-0.2, 0) is 0 Å². The van der Waals surface area contributed by atoms with E-state index in [2.05, 4.69) is 6.07 Å².